The minimum Gasteiger partial charge on any atom is -0.388 e. The van der Waals surface area contributed by atoms with E-state index in [9.17, 15) is 5.11 Å². The summed E-state index contributed by atoms with van der Waals surface area (Å²) in [5.41, 5.74) is 0. The first-order valence-electron chi connectivity index (χ1n) is 3.39. The number of hydrogen-bond donors (Lipinski definition) is 3. The van der Waals surface area contributed by atoms with Gasteiger partial charge in [-0.1, -0.05) is 0 Å². The third-order valence-corrected chi connectivity index (χ3v) is 1.81. The lowest BCUT2D eigenvalue weighted by atomic mass is 10.0. The van der Waals surface area contributed by atoms with Crippen LogP contribution in [0.1, 0.15) is 6.92 Å². The van der Waals surface area contributed by atoms with Gasteiger partial charge in [0.15, 0.2) is 0 Å². The van der Waals surface area contributed by atoms with Gasteiger partial charge in [-0.15, -0.1) is 0 Å². The number of hydrogen-bond acceptors (Lipinski definition) is 4. The van der Waals surface area contributed by atoms with Crippen molar-refractivity contribution in [2.24, 2.45) is 0 Å². The van der Waals surface area contributed by atoms with E-state index in [4.69, 9.17) is 15.3 Å². The quantitative estimate of drug-likeness (QED) is 0.395. The zero-order chi connectivity index (χ0) is 8.59. The molecule has 1 aliphatic rings. The lowest BCUT2D eigenvalue weighted by Gasteiger charge is -2.35. The number of ether oxygens (including phenoxy) is 1. The summed E-state index contributed by atoms with van der Waals surface area (Å²) in [5, 5.41) is 37.7. The summed E-state index contributed by atoms with van der Waals surface area (Å²) in [6.07, 6.45) is -6.52. The summed E-state index contributed by atoms with van der Waals surface area (Å²) in [7, 11) is 0. The fourth-order valence-electron chi connectivity index (χ4n) is 1.01. The van der Waals surface area contributed by atoms with E-state index in [1.54, 1.807) is 0 Å². The van der Waals surface area contributed by atoms with E-state index < -0.39 is 30.7 Å². The predicted molar refractivity (Wildman–Crippen MR) is 33.0 cm³/mol. The Balaban J connectivity index is 2.63. The highest BCUT2D eigenvalue weighted by molar-refractivity contribution is 4.85. The molecule has 0 spiro atoms. The lowest BCUT2D eigenvalue weighted by molar-refractivity contribution is -0.295. The molecule has 1 rings (SSSR count). The van der Waals surface area contributed by atoms with E-state index in [2.05, 4.69) is 4.74 Å². The summed E-state index contributed by atoms with van der Waals surface area (Å²) < 4.78 is 4.57. The molecule has 1 saturated heterocycles. The van der Waals surface area contributed by atoms with Crippen LogP contribution in [-0.4, -0.2) is 46.0 Å². The van der Waals surface area contributed by atoms with E-state index in [0.717, 1.165) is 0 Å². The minimum atomic E-state index is -1.66. The first kappa shape index (κ1) is 8.89. The summed E-state index contributed by atoms with van der Waals surface area (Å²) in [6.45, 7) is 1.46. The van der Waals surface area contributed by atoms with Crippen LogP contribution in [0.5, 0.6) is 0 Å². The molecule has 0 saturated carbocycles. The van der Waals surface area contributed by atoms with Gasteiger partial charge in [-0.05, 0) is 6.92 Å². The molecule has 1 fully saturated rings. The molecule has 0 aromatic carbocycles. The molecule has 0 aromatic rings. The number of rotatable bonds is 0. The largest absolute Gasteiger partial charge is 0.388 e. The van der Waals surface area contributed by atoms with Crippen LogP contribution in [0, 0.1) is 0 Å². The third kappa shape index (κ3) is 1.52. The molecule has 1 heterocycles. The molecule has 0 amide bonds. The van der Waals surface area contributed by atoms with Gasteiger partial charge in [0.2, 0.25) is 6.29 Å². The average molecular weight is 163 g/mol. The van der Waals surface area contributed by atoms with E-state index in [0.29, 0.717) is 0 Å². The van der Waals surface area contributed by atoms with Gasteiger partial charge in [0.1, 0.15) is 18.3 Å². The van der Waals surface area contributed by atoms with Gasteiger partial charge in [-0.3, -0.25) is 0 Å². The Kier molecular flexibility index (Phi) is 2.46. The van der Waals surface area contributed by atoms with E-state index in [-0.39, 0.29) is 0 Å². The van der Waals surface area contributed by atoms with E-state index in [1.165, 1.54) is 6.92 Å². The van der Waals surface area contributed by atoms with Crippen molar-refractivity contribution in [1.82, 2.24) is 0 Å². The first-order valence-corrected chi connectivity index (χ1v) is 3.39. The maximum atomic E-state index is 10.7. The van der Waals surface area contributed by atoms with Crippen LogP contribution in [0.3, 0.4) is 0 Å². The second-order valence-corrected chi connectivity index (χ2v) is 2.68. The minimum absolute atomic E-state index is 0.726. The highest BCUT2D eigenvalue weighted by Gasteiger charge is 2.41. The summed E-state index contributed by atoms with van der Waals surface area (Å²) in [4.78, 5) is 0. The van der Waals surface area contributed by atoms with Gasteiger partial charge in [0.05, 0.1) is 6.10 Å². The van der Waals surface area contributed by atoms with Crippen LogP contribution in [0.2, 0.25) is 0 Å². The first-order chi connectivity index (χ1) is 5.04. The molecule has 0 unspecified atom stereocenters. The van der Waals surface area contributed by atoms with Crippen molar-refractivity contribution >= 4 is 0 Å². The van der Waals surface area contributed by atoms with Crippen molar-refractivity contribution in [3.8, 4) is 0 Å². The third-order valence-electron chi connectivity index (χ3n) is 1.81. The van der Waals surface area contributed by atoms with Crippen molar-refractivity contribution in [2.75, 3.05) is 0 Å². The van der Waals surface area contributed by atoms with E-state index in [1.807, 2.05) is 0 Å². The molecular weight excluding hydrogens is 152 g/mol. The smallest absolute Gasteiger partial charge is 0.220 e. The lowest BCUT2D eigenvalue weighted by Crippen LogP contribution is -2.56. The van der Waals surface area contributed by atoms with Crippen molar-refractivity contribution in [2.45, 2.75) is 37.6 Å². The van der Waals surface area contributed by atoms with Crippen molar-refractivity contribution in [3.63, 3.8) is 0 Å². The monoisotopic (exact) mass is 163 g/mol. The number of aliphatic hydroxyl groups is 3. The van der Waals surface area contributed by atoms with Crippen molar-refractivity contribution in [3.05, 3.63) is 0 Å². The van der Waals surface area contributed by atoms with Crippen LogP contribution in [-0.2, 0) is 9.84 Å². The topological polar surface area (TPSA) is 89.8 Å². The van der Waals surface area contributed by atoms with Crippen LogP contribution in [0.4, 0.5) is 0 Å². The average Bonchev–Trinajstić information content (AvgIpc) is 1.97. The van der Waals surface area contributed by atoms with Crippen molar-refractivity contribution < 1.29 is 25.2 Å². The Hall–Kier alpha value is -0.200. The summed E-state index contributed by atoms with van der Waals surface area (Å²) in [5.74, 6) is 0. The molecule has 11 heavy (non-hydrogen) atoms. The fraction of sp³-hybridized carbons (Fsp3) is 1.00. The van der Waals surface area contributed by atoms with Crippen LogP contribution >= 0.6 is 0 Å². The maximum absolute atomic E-state index is 10.7. The Bertz CT molecular complexity index is 125. The van der Waals surface area contributed by atoms with Crippen molar-refractivity contribution in [1.29, 1.82) is 0 Å². The normalized spacial score (nSPS) is 52.6. The zero-order valence-electron chi connectivity index (χ0n) is 6.04. The molecule has 3 N–H and O–H groups in total. The molecule has 0 aromatic heterocycles. The maximum Gasteiger partial charge on any atom is 0.220 e. The molecule has 1 aliphatic heterocycles. The molecule has 5 atom stereocenters. The summed E-state index contributed by atoms with van der Waals surface area (Å²) >= 11 is 0. The standard InChI is InChI=1S/C6H11O5/c1-2-3(7)4(8)5(9)6(10)11-2/h2-9H,1H3/t2-,3-,4+,5+,6-/m0/s1. The second kappa shape index (κ2) is 3.04. The van der Waals surface area contributed by atoms with E-state index >= 15 is 0 Å². The molecule has 1 radical (unpaired) electrons. The Morgan fingerprint density at radius 1 is 1.09 bits per heavy atom. The highest BCUT2D eigenvalue weighted by Crippen LogP contribution is 2.19. The van der Waals surface area contributed by atoms with Gasteiger partial charge >= 0.3 is 0 Å². The molecule has 0 bridgehead atoms. The zero-order valence-corrected chi connectivity index (χ0v) is 6.04. The molecule has 0 aliphatic carbocycles. The Morgan fingerprint density at radius 3 is 2.18 bits per heavy atom. The predicted octanol–water partition coefficient (Wildman–Crippen LogP) is -1.76. The Labute approximate surface area is 63.8 Å². The molecular formula is C6H11O5. The summed E-state index contributed by atoms with van der Waals surface area (Å²) in [6, 6.07) is 0. The van der Waals surface area contributed by atoms with Gasteiger partial charge in [0.25, 0.3) is 0 Å². The van der Waals surface area contributed by atoms with Gasteiger partial charge < -0.3 is 20.1 Å². The van der Waals surface area contributed by atoms with Gasteiger partial charge in [0, 0.05) is 0 Å². The van der Waals surface area contributed by atoms with Gasteiger partial charge in [-0.25, -0.2) is 0 Å². The molecule has 5 nitrogen and oxygen atoms in total. The number of aliphatic hydroxyl groups excluding tert-OH is 3. The fourth-order valence-corrected chi connectivity index (χ4v) is 1.01. The SMILES string of the molecule is C[C@@H]1O[C@H]([O])[C@H](O)[C@H](O)[C@H]1O. The van der Waals surface area contributed by atoms with Crippen LogP contribution in [0.25, 0.3) is 0 Å². The van der Waals surface area contributed by atoms with Crippen LogP contribution < -0.4 is 0 Å². The Morgan fingerprint density at radius 2 is 1.64 bits per heavy atom. The van der Waals surface area contributed by atoms with Crippen LogP contribution in [0.15, 0.2) is 0 Å². The molecule has 5 heteroatoms. The van der Waals surface area contributed by atoms with Gasteiger partial charge in [-0.2, -0.15) is 5.11 Å². The molecule has 65 valence electrons. The second-order valence-electron chi connectivity index (χ2n) is 2.68. The highest BCUT2D eigenvalue weighted by atomic mass is 16.6.